The van der Waals surface area contributed by atoms with Crippen LogP contribution in [0.15, 0.2) is 4.99 Å². The zero-order chi connectivity index (χ0) is 10.9. The standard InChI is InChI=1S/C13H22N2/c1-2-12(7-6-10-14)11-15-13-8-4-3-5-9-13/h11-13H,2-9H2,1H3. The van der Waals surface area contributed by atoms with Gasteiger partial charge in [-0.3, -0.25) is 4.99 Å². The number of hydrogen-bond acceptors (Lipinski definition) is 2. The number of nitrogens with zero attached hydrogens (tertiary/aromatic N) is 2. The van der Waals surface area contributed by atoms with E-state index in [-0.39, 0.29) is 0 Å². The van der Waals surface area contributed by atoms with Gasteiger partial charge in [-0.05, 0) is 31.6 Å². The second-order valence-electron chi connectivity index (χ2n) is 4.46. The van der Waals surface area contributed by atoms with Crippen LogP contribution in [0.5, 0.6) is 0 Å². The lowest BCUT2D eigenvalue weighted by Gasteiger charge is -2.18. The summed E-state index contributed by atoms with van der Waals surface area (Å²) in [5, 5.41) is 8.53. The van der Waals surface area contributed by atoms with Gasteiger partial charge in [0.25, 0.3) is 0 Å². The molecular weight excluding hydrogens is 184 g/mol. The fourth-order valence-electron chi connectivity index (χ4n) is 2.11. The molecule has 0 spiro atoms. The normalized spacial score (nSPS) is 20.3. The Morgan fingerprint density at radius 2 is 2.13 bits per heavy atom. The first-order chi connectivity index (χ1) is 7.36. The van der Waals surface area contributed by atoms with E-state index in [9.17, 15) is 0 Å². The van der Waals surface area contributed by atoms with Crippen LogP contribution < -0.4 is 0 Å². The molecule has 0 amide bonds. The Morgan fingerprint density at radius 1 is 1.40 bits per heavy atom. The molecule has 2 nitrogen and oxygen atoms in total. The van der Waals surface area contributed by atoms with E-state index in [0.717, 1.165) is 12.8 Å². The summed E-state index contributed by atoms with van der Waals surface area (Å²) >= 11 is 0. The largest absolute Gasteiger partial charge is 0.294 e. The maximum atomic E-state index is 8.53. The molecule has 0 N–H and O–H groups in total. The van der Waals surface area contributed by atoms with Crippen molar-refractivity contribution in [3.05, 3.63) is 0 Å². The summed E-state index contributed by atoms with van der Waals surface area (Å²) in [5.41, 5.74) is 0. The smallest absolute Gasteiger partial charge is 0.0621 e. The molecule has 0 heterocycles. The Bertz CT molecular complexity index is 221. The van der Waals surface area contributed by atoms with Crippen LogP contribution >= 0.6 is 0 Å². The highest BCUT2D eigenvalue weighted by Gasteiger charge is 2.11. The third kappa shape index (κ3) is 4.97. The van der Waals surface area contributed by atoms with Gasteiger partial charge in [-0.2, -0.15) is 5.26 Å². The van der Waals surface area contributed by atoms with Crippen LogP contribution in [0.1, 0.15) is 58.3 Å². The molecule has 15 heavy (non-hydrogen) atoms. The highest BCUT2D eigenvalue weighted by molar-refractivity contribution is 5.60. The first-order valence-electron chi connectivity index (χ1n) is 6.27. The van der Waals surface area contributed by atoms with E-state index in [1.807, 2.05) is 0 Å². The van der Waals surface area contributed by atoms with Crippen LogP contribution in [0, 0.1) is 17.2 Å². The summed E-state index contributed by atoms with van der Waals surface area (Å²) in [7, 11) is 0. The quantitative estimate of drug-likeness (QED) is 0.631. The molecule has 0 aromatic heterocycles. The fraction of sp³-hybridized carbons (Fsp3) is 0.846. The Morgan fingerprint density at radius 3 is 2.73 bits per heavy atom. The Kier molecular flexibility index (Phi) is 6.08. The van der Waals surface area contributed by atoms with Gasteiger partial charge >= 0.3 is 0 Å². The second-order valence-corrected chi connectivity index (χ2v) is 4.46. The lowest BCUT2D eigenvalue weighted by molar-refractivity contribution is 0.442. The average molecular weight is 206 g/mol. The van der Waals surface area contributed by atoms with Crippen molar-refractivity contribution in [1.29, 1.82) is 5.26 Å². The number of hydrogen-bond donors (Lipinski definition) is 0. The topological polar surface area (TPSA) is 36.1 Å². The van der Waals surface area contributed by atoms with Crippen LogP contribution in [-0.4, -0.2) is 12.3 Å². The number of aliphatic imine (C=N–C) groups is 1. The van der Waals surface area contributed by atoms with Gasteiger partial charge < -0.3 is 0 Å². The summed E-state index contributed by atoms with van der Waals surface area (Å²) in [6.45, 7) is 2.18. The number of nitriles is 1. The highest BCUT2D eigenvalue weighted by Crippen LogP contribution is 2.20. The SMILES string of the molecule is CCC(C=NC1CCCCC1)CCC#N. The maximum Gasteiger partial charge on any atom is 0.0621 e. The van der Waals surface area contributed by atoms with Crippen molar-refractivity contribution in [2.75, 3.05) is 0 Å². The van der Waals surface area contributed by atoms with E-state index in [0.29, 0.717) is 18.4 Å². The molecule has 2 heteroatoms. The lowest BCUT2D eigenvalue weighted by atomic mass is 9.95. The molecule has 84 valence electrons. The predicted octanol–water partition coefficient (Wildman–Crippen LogP) is 3.72. The van der Waals surface area contributed by atoms with Crippen molar-refractivity contribution in [3.8, 4) is 6.07 Å². The van der Waals surface area contributed by atoms with E-state index in [2.05, 4.69) is 24.2 Å². The Hall–Kier alpha value is -0.840. The molecule has 0 saturated heterocycles. The van der Waals surface area contributed by atoms with Crippen molar-refractivity contribution < 1.29 is 0 Å². The van der Waals surface area contributed by atoms with Crippen LogP contribution in [-0.2, 0) is 0 Å². The molecule has 0 bridgehead atoms. The summed E-state index contributed by atoms with van der Waals surface area (Å²) in [5.74, 6) is 0.520. The van der Waals surface area contributed by atoms with Gasteiger partial charge in [0.05, 0.1) is 6.07 Å². The molecule has 1 unspecified atom stereocenters. The van der Waals surface area contributed by atoms with Crippen LogP contribution in [0.25, 0.3) is 0 Å². The van der Waals surface area contributed by atoms with Crippen LogP contribution in [0.4, 0.5) is 0 Å². The van der Waals surface area contributed by atoms with E-state index < -0.39 is 0 Å². The molecule has 1 fully saturated rings. The molecule has 1 atom stereocenters. The molecular formula is C13H22N2. The van der Waals surface area contributed by atoms with Gasteiger partial charge in [0.2, 0.25) is 0 Å². The molecule has 1 saturated carbocycles. The van der Waals surface area contributed by atoms with Gasteiger partial charge in [-0.1, -0.05) is 26.2 Å². The lowest BCUT2D eigenvalue weighted by Crippen LogP contribution is -2.11. The summed E-state index contributed by atoms with van der Waals surface area (Å²) in [6, 6.07) is 2.79. The van der Waals surface area contributed by atoms with Crippen molar-refractivity contribution in [2.45, 2.75) is 64.3 Å². The van der Waals surface area contributed by atoms with Crippen molar-refractivity contribution in [3.63, 3.8) is 0 Å². The van der Waals surface area contributed by atoms with Gasteiger partial charge in [0, 0.05) is 18.7 Å². The average Bonchev–Trinajstić information content (AvgIpc) is 2.31. The summed E-state index contributed by atoms with van der Waals surface area (Å²) in [4.78, 5) is 4.67. The fourth-order valence-corrected chi connectivity index (χ4v) is 2.11. The molecule has 1 rings (SSSR count). The predicted molar refractivity (Wildman–Crippen MR) is 64.0 cm³/mol. The third-order valence-electron chi connectivity index (χ3n) is 3.23. The van der Waals surface area contributed by atoms with Crippen molar-refractivity contribution >= 4 is 6.21 Å². The Labute approximate surface area is 93.4 Å². The van der Waals surface area contributed by atoms with Crippen molar-refractivity contribution in [2.24, 2.45) is 10.9 Å². The highest BCUT2D eigenvalue weighted by atomic mass is 14.8. The van der Waals surface area contributed by atoms with E-state index in [4.69, 9.17) is 5.26 Å². The zero-order valence-electron chi connectivity index (χ0n) is 9.78. The van der Waals surface area contributed by atoms with Crippen LogP contribution in [0.3, 0.4) is 0 Å². The monoisotopic (exact) mass is 206 g/mol. The minimum absolute atomic E-state index is 0.520. The summed E-state index contributed by atoms with van der Waals surface area (Å²) < 4.78 is 0. The number of rotatable bonds is 5. The summed E-state index contributed by atoms with van der Waals surface area (Å²) in [6.07, 6.45) is 11.5. The van der Waals surface area contributed by atoms with Crippen molar-refractivity contribution in [1.82, 2.24) is 0 Å². The minimum Gasteiger partial charge on any atom is -0.294 e. The first-order valence-corrected chi connectivity index (χ1v) is 6.27. The van der Waals surface area contributed by atoms with Gasteiger partial charge in [-0.15, -0.1) is 0 Å². The molecule has 1 aliphatic rings. The zero-order valence-corrected chi connectivity index (χ0v) is 9.78. The maximum absolute atomic E-state index is 8.53. The minimum atomic E-state index is 0.520. The van der Waals surface area contributed by atoms with E-state index >= 15 is 0 Å². The molecule has 0 aromatic carbocycles. The molecule has 0 aliphatic heterocycles. The van der Waals surface area contributed by atoms with Gasteiger partial charge in [0.15, 0.2) is 0 Å². The molecule has 1 aliphatic carbocycles. The van der Waals surface area contributed by atoms with Gasteiger partial charge in [0.1, 0.15) is 0 Å². The van der Waals surface area contributed by atoms with E-state index in [1.165, 1.54) is 32.1 Å². The Balaban J connectivity index is 2.29. The van der Waals surface area contributed by atoms with E-state index in [1.54, 1.807) is 0 Å². The van der Waals surface area contributed by atoms with Crippen LogP contribution in [0.2, 0.25) is 0 Å². The second kappa shape index (κ2) is 7.45. The first kappa shape index (κ1) is 12.2. The third-order valence-corrected chi connectivity index (χ3v) is 3.23. The molecule has 0 aromatic rings. The van der Waals surface area contributed by atoms with Gasteiger partial charge in [-0.25, -0.2) is 0 Å². The molecule has 0 radical (unpaired) electrons.